The predicted molar refractivity (Wildman–Crippen MR) is 56.6 cm³/mol. The summed E-state index contributed by atoms with van der Waals surface area (Å²) >= 11 is 0. The lowest BCUT2D eigenvalue weighted by atomic mass is 10.3. The van der Waals surface area contributed by atoms with E-state index in [0.717, 1.165) is 19.3 Å². The molecule has 0 N–H and O–H groups in total. The van der Waals surface area contributed by atoms with E-state index in [2.05, 4.69) is 17.7 Å². The second kappa shape index (κ2) is 10.4. The van der Waals surface area contributed by atoms with Crippen molar-refractivity contribution in [3.05, 3.63) is 12.7 Å². The maximum atomic E-state index is 10.9. The second-order valence-electron chi connectivity index (χ2n) is 2.54. The van der Waals surface area contributed by atoms with Crippen LogP contribution in [0.1, 0.15) is 26.2 Å². The van der Waals surface area contributed by atoms with Crippen molar-refractivity contribution in [3.63, 3.8) is 0 Å². The van der Waals surface area contributed by atoms with Gasteiger partial charge in [0.15, 0.2) is 0 Å². The van der Waals surface area contributed by atoms with Gasteiger partial charge in [0, 0.05) is 0 Å². The second-order valence-corrected chi connectivity index (χ2v) is 4.23. The summed E-state index contributed by atoms with van der Waals surface area (Å²) in [5.41, 5.74) is 0. The van der Waals surface area contributed by atoms with Crippen LogP contribution in [0.4, 0.5) is 0 Å². The van der Waals surface area contributed by atoms with Crippen molar-refractivity contribution in [1.29, 1.82) is 0 Å². The molecule has 0 fully saturated rings. The molecular weight excluding hydrogens is 204 g/mol. The van der Waals surface area contributed by atoms with Gasteiger partial charge in [-0.05, 0) is 6.42 Å². The minimum atomic E-state index is -3.33. The molecule has 0 spiro atoms. The van der Waals surface area contributed by atoms with Crippen LogP contribution in [0.3, 0.4) is 0 Å². The summed E-state index contributed by atoms with van der Waals surface area (Å²) in [5.74, 6) is -0.0981. The van der Waals surface area contributed by atoms with Crippen LogP contribution in [-0.2, 0) is 19.1 Å². The Morgan fingerprint density at radius 1 is 1.29 bits per heavy atom. The third-order valence-corrected chi connectivity index (χ3v) is 2.50. The highest BCUT2D eigenvalue weighted by molar-refractivity contribution is 7.86. The largest absolute Gasteiger partial charge is 0.307 e. The lowest BCUT2D eigenvalue weighted by Gasteiger charge is -2.01. The first-order chi connectivity index (χ1) is 6.62. The van der Waals surface area contributed by atoms with Gasteiger partial charge in [-0.2, -0.15) is 8.42 Å². The van der Waals surface area contributed by atoms with Gasteiger partial charge in [-0.1, -0.05) is 25.8 Å². The van der Waals surface area contributed by atoms with Gasteiger partial charge in [0.1, 0.15) is 6.79 Å². The van der Waals surface area contributed by atoms with E-state index >= 15 is 0 Å². The summed E-state index contributed by atoms with van der Waals surface area (Å²) < 4.78 is 26.5. The van der Waals surface area contributed by atoms with Crippen LogP contribution in [0.25, 0.3) is 0 Å². The zero-order valence-corrected chi connectivity index (χ0v) is 9.38. The molecular formula is C9H18O4S. The topological polar surface area (TPSA) is 60.4 Å². The minimum absolute atomic E-state index is 0.0981. The molecule has 0 atom stereocenters. The Balaban J connectivity index is 0. The van der Waals surface area contributed by atoms with Crippen molar-refractivity contribution in [1.82, 2.24) is 0 Å². The van der Waals surface area contributed by atoms with E-state index in [1.54, 1.807) is 0 Å². The van der Waals surface area contributed by atoms with Crippen LogP contribution in [-0.4, -0.2) is 27.6 Å². The van der Waals surface area contributed by atoms with Gasteiger partial charge >= 0.3 is 0 Å². The molecule has 4 nitrogen and oxygen atoms in total. The van der Waals surface area contributed by atoms with Crippen molar-refractivity contribution in [3.8, 4) is 0 Å². The molecule has 0 unspecified atom stereocenters. The van der Waals surface area contributed by atoms with Crippen molar-refractivity contribution in [2.24, 2.45) is 0 Å². The average Bonchev–Trinajstić information content (AvgIpc) is 2.16. The molecule has 0 rings (SSSR count). The zero-order chi connectivity index (χ0) is 11.4. The predicted octanol–water partition coefficient (Wildman–Crippen LogP) is 1.52. The van der Waals surface area contributed by atoms with Gasteiger partial charge in [-0.25, -0.2) is 0 Å². The summed E-state index contributed by atoms with van der Waals surface area (Å²) in [6.07, 6.45) is 4.19. The average molecular weight is 222 g/mol. The zero-order valence-electron chi connectivity index (χ0n) is 8.57. The molecule has 0 aromatic rings. The summed E-state index contributed by atoms with van der Waals surface area (Å²) in [7, 11) is -3.33. The van der Waals surface area contributed by atoms with Crippen LogP contribution in [0.5, 0.6) is 0 Å². The molecule has 0 aliphatic rings. The molecule has 5 heteroatoms. The van der Waals surface area contributed by atoms with Crippen LogP contribution >= 0.6 is 0 Å². The molecule has 0 aromatic carbocycles. The maximum absolute atomic E-state index is 10.9. The summed E-state index contributed by atoms with van der Waals surface area (Å²) in [6.45, 7) is 7.68. The maximum Gasteiger partial charge on any atom is 0.270 e. The van der Waals surface area contributed by atoms with Gasteiger partial charge in [-0.15, -0.1) is 6.58 Å². The van der Waals surface area contributed by atoms with Crippen LogP contribution in [0.2, 0.25) is 0 Å². The number of unbranched alkanes of at least 4 members (excludes halogenated alkanes) is 2. The SMILES string of the molecule is C=CCS(=O)(=O)OCCCCC.C=O. The van der Waals surface area contributed by atoms with Crippen LogP contribution in [0.15, 0.2) is 12.7 Å². The fourth-order valence-electron chi connectivity index (χ4n) is 0.730. The fraction of sp³-hybridized carbons (Fsp3) is 0.667. The fourth-order valence-corrected chi connectivity index (χ4v) is 1.49. The molecule has 0 saturated carbocycles. The first-order valence-corrected chi connectivity index (χ1v) is 5.97. The highest BCUT2D eigenvalue weighted by Gasteiger charge is 2.06. The Labute approximate surface area is 86.1 Å². The van der Waals surface area contributed by atoms with Gasteiger partial charge in [0.05, 0.1) is 12.4 Å². The van der Waals surface area contributed by atoms with Gasteiger partial charge in [0.2, 0.25) is 0 Å². The lowest BCUT2D eigenvalue weighted by molar-refractivity contribution is -0.0979. The van der Waals surface area contributed by atoms with E-state index in [9.17, 15) is 8.42 Å². The first-order valence-electron chi connectivity index (χ1n) is 4.39. The van der Waals surface area contributed by atoms with E-state index < -0.39 is 10.1 Å². The molecule has 0 bridgehead atoms. The number of carbonyl (C=O) groups excluding carboxylic acids is 1. The number of rotatable bonds is 7. The Bertz CT molecular complexity index is 221. The molecule has 14 heavy (non-hydrogen) atoms. The highest BCUT2D eigenvalue weighted by atomic mass is 32.2. The normalized spacial score (nSPS) is 10.1. The standard InChI is InChI=1S/C8H16O3S.CH2O/c1-3-5-6-7-11-12(9,10)8-4-2;1-2/h4H,2-3,5-8H2,1H3;1H2. The molecule has 84 valence electrons. The first kappa shape index (κ1) is 15.8. The lowest BCUT2D eigenvalue weighted by Crippen LogP contribution is -2.09. The molecule has 0 radical (unpaired) electrons. The van der Waals surface area contributed by atoms with Gasteiger partial charge in [-0.3, -0.25) is 4.18 Å². The Morgan fingerprint density at radius 3 is 2.29 bits per heavy atom. The van der Waals surface area contributed by atoms with E-state index in [4.69, 9.17) is 4.79 Å². The van der Waals surface area contributed by atoms with Crippen molar-refractivity contribution >= 4 is 16.9 Å². The Kier molecular flexibility index (Phi) is 11.7. The van der Waals surface area contributed by atoms with Crippen LogP contribution < -0.4 is 0 Å². The molecule has 0 aromatic heterocycles. The van der Waals surface area contributed by atoms with E-state index in [1.165, 1.54) is 6.08 Å². The summed E-state index contributed by atoms with van der Waals surface area (Å²) in [5, 5.41) is 0. The molecule has 0 saturated heterocycles. The third-order valence-electron chi connectivity index (χ3n) is 1.33. The van der Waals surface area contributed by atoms with Crippen molar-refractivity contribution in [2.75, 3.05) is 12.4 Å². The summed E-state index contributed by atoms with van der Waals surface area (Å²) in [6, 6.07) is 0. The van der Waals surface area contributed by atoms with Crippen LogP contribution in [0, 0.1) is 0 Å². The van der Waals surface area contributed by atoms with E-state index in [0.29, 0.717) is 6.61 Å². The smallest absolute Gasteiger partial charge is 0.270 e. The van der Waals surface area contributed by atoms with Crippen molar-refractivity contribution in [2.45, 2.75) is 26.2 Å². The molecule has 0 heterocycles. The Hall–Kier alpha value is -0.680. The van der Waals surface area contributed by atoms with Crippen molar-refractivity contribution < 1.29 is 17.4 Å². The highest BCUT2D eigenvalue weighted by Crippen LogP contribution is 1.99. The van der Waals surface area contributed by atoms with Gasteiger partial charge < -0.3 is 4.79 Å². The minimum Gasteiger partial charge on any atom is -0.307 e. The number of hydrogen-bond donors (Lipinski definition) is 0. The van der Waals surface area contributed by atoms with Gasteiger partial charge in [0.25, 0.3) is 10.1 Å². The number of hydrogen-bond acceptors (Lipinski definition) is 4. The summed E-state index contributed by atoms with van der Waals surface area (Å²) in [4.78, 5) is 8.00. The molecule has 0 aliphatic carbocycles. The molecule has 0 aliphatic heterocycles. The number of carbonyl (C=O) groups is 1. The molecule has 0 amide bonds. The quantitative estimate of drug-likeness (QED) is 0.372. The van der Waals surface area contributed by atoms with E-state index in [1.807, 2.05) is 6.79 Å². The Morgan fingerprint density at radius 2 is 1.86 bits per heavy atom. The third kappa shape index (κ3) is 11.3. The van der Waals surface area contributed by atoms with E-state index in [-0.39, 0.29) is 5.75 Å². The monoisotopic (exact) mass is 222 g/mol.